The number of benzene rings is 1. The van der Waals surface area contributed by atoms with E-state index < -0.39 is 0 Å². The molecule has 0 fully saturated rings. The van der Waals surface area contributed by atoms with Crippen LogP contribution in [0.5, 0.6) is 0 Å². The van der Waals surface area contributed by atoms with Gasteiger partial charge in [-0.3, -0.25) is 0 Å². The van der Waals surface area contributed by atoms with Gasteiger partial charge in [-0.25, -0.2) is 4.39 Å². The molecule has 0 radical (unpaired) electrons. The Morgan fingerprint density at radius 2 is 2.11 bits per heavy atom. The molecule has 0 bridgehead atoms. The number of halogens is 1. The minimum Gasteiger partial charge on any atom is -0.397 e. The van der Waals surface area contributed by atoms with Crippen LogP contribution in [0.15, 0.2) is 12.1 Å². The first kappa shape index (κ1) is 14.8. The number of nitrogen functional groups attached to an aromatic ring is 1. The Balaban J connectivity index is 2.52. The molecular weight excluding hydrogens is 229 g/mol. The summed E-state index contributed by atoms with van der Waals surface area (Å²) in [4.78, 5) is 2.29. The third-order valence-electron chi connectivity index (χ3n) is 3.45. The molecule has 3 N–H and O–H groups in total. The lowest BCUT2D eigenvalue weighted by atomic mass is 10.2. The molecule has 1 atom stereocenters. The number of hydrogen-bond donors (Lipinski definition) is 2. The Morgan fingerprint density at radius 3 is 2.72 bits per heavy atom. The van der Waals surface area contributed by atoms with Gasteiger partial charge in [0.1, 0.15) is 5.82 Å². The molecule has 1 unspecified atom stereocenters. The molecule has 0 amide bonds. The van der Waals surface area contributed by atoms with Crippen molar-refractivity contribution in [3.05, 3.63) is 23.5 Å². The highest BCUT2D eigenvalue weighted by molar-refractivity contribution is 5.67. The first-order valence-electron chi connectivity index (χ1n) is 6.45. The van der Waals surface area contributed by atoms with Gasteiger partial charge < -0.3 is 16.0 Å². The average molecular weight is 253 g/mol. The van der Waals surface area contributed by atoms with Crippen molar-refractivity contribution < 1.29 is 4.39 Å². The lowest BCUT2D eigenvalue weighted by Crippen LogP contribution is -2.32. The zero-order chi connectivity index (χ0) is 13.7. The number of likely N-dealkylation sites (N-methyl/N-ethyl adjacent to an activating group) is 1. The van der Waals surface area contributed by atoms with Crippen molar-refractivity contribution in [2.75, 3.05) is 31.2 Å². The number of hydrogen-bond acceptors (Lipinski definition) is 3. The van der Waals surface area contributed by atoms with Crippen molar-refractivity contribution in [3.63, 3.8) is 0 Å². The third kappa shape index (κ3) is 3.88. The van der Waals surface area contributed by atoms with Crippen LogP contribution < -0.4 is 11.1 Å². The van der Waals surface area contributed by atoms with Crippen molar-refractivity contribution in [1.82, 2.24) is 4.90 Å². The molecule has 0 aliphatic heterocycles. The van der Waals surface area contributed by atoms with E-state index in [1.807, 2.05) is 0 Å². The van der Waals surface area contributed by atoms with E-state index in [0.29, 0.717) is 17.3 Å². The van der Waals surface area contributed by atoms with Gasteiger partial charge in [0, 0.05) is 19.1 Å². The number of aryl methyl sites for hydroxylation is 1. The summed E-state index contributed by atoms with van der Waals surface area (Å²) in [6.07, 6.45) is 1.13. The second-order valence-corrected chi connectivity index (χ2v) is 4.85. The van der Waals surface area contributed by atoms with Crippen molar-refractivity contribution >= 4 is 11.4 Å². The van der Waals surface area contributed by atoms with Crippen LogP contribution in [-0.2, 0) is 0 Å². The monoisotopic (exact) mass is 253 g/mol. The number of nitrogens with two attached hydrogens (primary N) is 1. The van der Waals surface area contributed by atoms with Crippen LogP contribution in [0.1, 0.15) is 25.8 Å². The predicted octanol–water partition coefficient (Wildman–Crippen LogP) is 2.86. The maximum Gasteiger partial charge on any atom is 0.128 e. The Hall–Kier alpha value is -1.29. The van der Waals surface area contributed by atoms with Gasteiger partial charge in [-0.05, 0) is 45.0 Å². The summed E-state index contributed by atoms with van der Waals surface area (Å²) in [5.74, 6) is -0.255. The molecule has 1 rings (SSSR count). The molecule has 3 nitrogen and oxygen atoms in total. The fourth-order valence-corrected chi connectivity index (χ4v) is 1.75. The van der Waals surface area contributed by atoms with Gasteiger partial charge in [-0.15, -0.1) is 0 Å². The molecule has 102 valence electrons. The molecule has 0 saturated heterocycles. The molecule has 0 aliphatic carbocycles. The minimum absolute atomic E-state index is 0.255. The van der Waals surface area contributed by atoms with E-state index in [1.165, 1.54) is 6.07 Å². The SMILES string of the molecule is CCC(C)N(C)CCNc1cc(C)c(F)cc1N. The highest BCUT2D eigenvalue weighted by atomic mass is 19.1. The summed E-state index contributed by atoms with van der Waals surface area (Å²) in [5, 5.41) is 3.26. The summed E-state index contributed by atoms with van der Waals surface area (Å²) in [6, 6.07) is 3.70. The van der Waals surface area contributed by atoms with Gasteiger partial charge in [-0.2, -0.15) is 0 Å². The zero-order valence-corrected chi connectivity index (χ0v) is 11.8. The highest BCUT2D eigenvalue weighted by Gasteiger charge is 2.07. The number of nitrogens with zero attached hydrogens (tertiary/aromatic N) is 1. The second kappa shape index (κ2) is 6.59. The lowest BCUT2D eigenvalue weighted by Gasteiger charge is -2.23. The van der Waals surface area contributed by atoms with Gasteiger partial charge >= 0.3 is 0 Å². The van der Waals surface area contributed by atoms with Gasteiger partial charge in [0.15, 0.2) is 0 Å². The average Bonchev–Trinajstić information content (AvgIpc) is 2.34. The van der Waals surface area contributed by atoms with Crippen molar-refractivity contribution in [3.8, 4) is 0 Å². The molecule has 1 aromatic carbocycles. The van der Waals surface area contributed by atoms with Crippen LogP contribution in [0.2, 0.25) is 0 Å². The Labute approximate surface area is 109 Å². The molecule has 4 heteroatoms. The van der Waals surface area contributed by atoms with Crippen LogP contribution in [0.4, 0.5) is 15.8 Å². The van der Waals surface area contributed by atoms with E-state index in [2.05, 4.69) is 31.1 Å². The molecule has 0 saturated carbocycles. The van der Waals surface area contributed by atoms with E-state index in [4.69, 9.17) is 5.73 Å². The first-order chi connectivity index (χ1) is 8.45. The fourth-order valence-electron chi connectivity index (χ4n) is 1.75. The number of nitrogens with one attached hydrogen (secondary N) is 1. The Kier molecular flexibility index (Phi) is 5.41. The van der Waals surface area contributed by atoms with E-state index in [9.17, 15) is 4.39 Å². The van der Waals surface area contributed by atoms with E-state index in [0.717, 1.165) is 25.2 Å². The van der Waals surface area contributed by atoms with Crippen LogP contribution in [0.25, 0.3) is 0 Å². The maximum atomic E-state index is 13.2. The molecule has 18 heavy (non-hydrogen) atoms. The summed E-state index contributed by atoms with van der Waals surface area (Å²) >= 11 is 0. The number of anilines is 2. The molecule has 0 spiro atoms. The van der Waals surface area contributed by atoms with Crippen LogP contribution in [0, 0.1) is 12.7 Å². The molecular formula is C14H24FN3. The lowest BCUT2D eigenvalue weighted by molar-refractivity contribution is 0.261. The summed E-state index contributed by atoms with van der Waals surface area (Å²) in [7, 11) is 2.11. The predicted molar refractivity (Wildman–Crippen MR) is 76.4 cm³/mol. The normalized spacial score (nSPS) is 12.8. The van der Waals surface area contributed by atoms with E-state index in [1.54, 1.807) is 13.0 Å². The molecule has 0 aliphatic rings. The fraction of sp³-hybridized carbons (Fsp3) is 0.571. The third-order valence-corrected chi connectivity index (χ3v) is 3.45. The largest absolute Gasteiger partial charge is 0.397 e. The first-order valence-corrected chi connectivity index (χ1v) is 6.45. The summed E-state index contributed by atoms with van der Waals surface area (Å²) < 4.78 is 13.2. The van der Waals surface area contributed by atoms with E-state index >= 15 is 0 Å². The second-order valence-electron chi connectivity index (χ2n) is 4.85. The summed E-state index contributed by atoms with van der Waals surface area (Å²) in [6.45, 7) is 7.86. The summed E-state index contributed by atoms with van der Waals surface area (Å²) in [5.41, 5.74) is 7.66. The topological polar surface area (TPSA) is 41.3 Å². The van der Waals surface area contributed by atoms with Crippen molar-refractivity contribution in [1.29, 1.82) is 0 Å². The van der Waals surface area contributed by atoms with Crippen LogP contribution in [-0.4, -0.2) is 31.1 Å². The molecule has 0 heterocycles. The standard InChI is InChI=1S/C14H24FN3/c1-5-11(3)18(4)7-6-17-14-8-10(2)12(15)9-13(14)16/h8-9,11,17H,5-7,16H2,1-4H3. The van der Waals surface area contributed by atoms with Gasteiger partial charge in [0.2, 0.25) is 0 Å². The van der Waals surface area contributed by atoms with Crippen LogP contribution >= 0.6 is 0 Å². The Morgan fingerprint density at radius 1 is 1.44 bits per heavy atom. The maximum absolute atomic E-state index is 13.2. The smallest absolute Gasteiger partial charge is 0.128 e. The van der Waals surface area contributed by atoms with Crippen molar-refractivity contribution in [2.24, 2.45) is 0 Å². The highest BCUT2D eigenvalue weighted by Crippen LogP contribution is 2.22. The van der Waals surface area contributed by atoms with Crippen molar-refractivity contribution in [2.45, 2.75) is 33.2 Å². The van der Waals surface area contributed by atoms with Gasteiger partial charge in [0.25, 0.3) is 0 Å². The van der Waals surface area contributed by atoms with E-state index in [-0.39, 0.29) is 5.82 Å². The molecule has 1 aromatic rings. The minimum atomic E-state index is -0.255. The number of rotatable bonds is 6. The zero-order valence-electron chi connectivity index (χ0n) is 11.8. The van der Waals surface area contributed by atoms with Gasteiger partial charge in [-0.1, -0.05) is 6.92 Å². The quantitative estimate of drug-likeness (QED) is 0.766. The molecule has 0 aromatic heterocycles. The van der Waals surface area contributed by atoms with Crippen LogP contribution in [0.3, 0.4) is 0 Å². The Bertz CT molecular complexity index is 393. The van der Waals surface area contributed by atoms with Gasteiger partial charge in [0.05, 0.1) is 11.4 Å².